The van der Waals surface area contributed by atoms with Crippen molar-refractivity contribution < 1.29 is 9.13 Å². The van der Waals surface area contributed by atoms with Crippen molar-refractivity contribution >= 4 is 11.0 Å². The smallest absolute Gasteiger partial charge is 0.162 e. The highest BCUT2D eigenvalue weighted by Crippen LogP contribution is 2.35. The van der Waals surface area contributed by atoms with Crippen LogP contribution in [0.1, 0.15) is 17.2 Å². The molecule has 1 aliphatic rings. The molecule has 0 saturated heterocycles. The Hall–Kier alpha value is -3.28. The molecule has 0 radical (unpaired) electrons. The number of ether oxygens (including phenoxy) is 1. The lowest BCUT2D eigenvalue weighted by atomic mass is 10.1. The Balaban J connectivity index is 1.65. The summed E-state index contributed by atoms with van der Waals surface area (Å²) in [5.74, 6) is 0.0926. The van der Waals surface area contributed by atoms with Gasteiger partial charge in [0.2, 0.25) is 0 Å². The van der Waals surface area contributed by atoms with E-state index >= 15 is 0 Å². The lowest BCUT2D eigenvalue weighted by Crippen LogP contribution is -2.11. The quantitative estimate of drug-likeness (QED) is 0.554. The van der Waals surface area contributed by atoms with Gasteiger partial charge >= 0.3 is 0 Å². The van der Waals surface area contributed by atoms with Crippen molar-refractivity contribution in [1.82, 2.24) is 19.7 Å². The molecule has 0 unspecified atom stereocenters. The van der Waals surface area contributed by atoms with Crippen LogP contribution >= 0.6 is 0 Å². The highest BCUT2D eigenvalue weighted by atomic mass is 19.1. The minimum Gasteiger partial charge on any atom is -0.497 e. The molecule has 2 aromatic carbocycles. The van der Waals surface area contributed by atoms with Gasteiger partial charge in [0, 0.05) is 17.8 Å². The number of nitrogens with zero attached hydrogens (tertiary/aromatic N) is 4. The van der Waals surface area contributed by atoms with E-state index in [1.807, 2.05) is 4.68 Å². The van der Waals surface area contributed by atoms with Gasteiger partial charge in [0.25, 0.3) is 0 Å². The van der Waals surface area contributed by atoms with Crippen LogP contribution in [0, 0.1) is 5.82 Å². The molecule has 27 heavy (non-hydrogen) atoms. The summed E-state index contributed by atoms with van der Waals surface area (Å²) in [5, 5.41) is 5.64. The Morgan fingerprint density at radius 2 is 1.89 bits per heavy atom. The molecular formula is C21H17FN4O. The van der Waals surface area contributed by atoms with E-state index in [0.717, 1.165) is 23.9 Å². The topological polar surface area (TPSA) is 52.8 Å². The predicted molar refractivity (Wildman–Crippen MR) is 100 cm³/mol. The summed E-state index contributed by atoms with van der Waals surface area (Å²) in [5.41, 5.74) is 4.77. The van der Waals surface area contributed by atoms with Crippen molar-refractivity contribution in [3.8, 4) is 17.0 Å². The van der Waals surface area contributed by atoms with E-state index in [1.54, 1.807) is 12.3 Å². The fraction of sp³-hybridized carbons (Fsp3) is 0.190. The summed E-state index contributed by atoms with van der Waals surface area (Å²) >= 11 is 0. The van der Waals surface area contributed by atoms with Gasteiger partial charge < -0.3 is 4.74 Å². The molecule has 2 heterocycles. The van der Waals surface area contributed by atoms with Crippen LogP contribution in [-0.4, -0.2) is 26.9 Å². The molecule has 0 fully saturated rings. The first kappa shape index (κ1) is 15.9. The summed E-state index contributed by atoms with van der Waals surface area (Å²) in [4.78, 5) is 8.62. The standard InChI is InChI=1S/C21H17FN4O/c1-27-18-9-15(6-16(22)10-18)20-19-11-23-12-24-21(19)26(25-20)17-7-13-4-2-3-5-14(13)8-17/h2-6,9-12,17H,7-8H2,1H3. The molecule has 0 amide bonds. The van der Waals surface area contributed by atoms with Gasteiger partial charge in [-0.15, -0.1) is 0 Å². The first-order valence-electron chi connectivity index (χ1n) is 8.83. The maximum atomic E-state index is 14.0. The van der Waals surface area contributed by atoms with Gasteiger partial charge in [-0.2, -0.15) is 5.10 Å². The van der Waals surface area contributed by atoms with E-state index in [4.69, 9.17) is 9.84 Å². The molecule has 0 N–H and O–H groups in total. The highest BCUT2D eigenvalue weighted by Gasteiger charge is 2.26. The number of hydrogen-bond acceptors (Lipinski definition) is 4. The second-order valence-electron chi connectivity index (χ2n) is 6.76. The third-order valence-electron chi connectivity index (χ3n) is 5.13. The molecule has 5 nitrogen and oxygen atoms in total. The van der Waals surface area contributed by atoms with Gasteiger partial charge in [-0.05, 0) is 36.1 Å². The molecule has 6 heteroatoms. The number of aromatic nitrogens is 4. The molecule has 134 valence electrons. The normalized spacial score (nSPS) is 13.9. The summed E-state index contributed by atoms with van der Waals surface area (Å²) in [6.45, 7) is 0. The average Bonchev–Trinajstić information content (AvgIpc) is 3.29. The Bertz CT molecular complexity index is 1130. The first-order valence-corrected chi connectivity index (χ1v) is 8.83. The zero-order valence-electron chi connectivity index (χ0n) is 14.8. The second kappa shape index (κ2) is 6.16. The molecule has 0 atom stereocenters. The van der Waals surface area contributed by atoms with Gasteiger partial charge in [-0.1, -0.05) is 24.3 Å². The minimum absolute atomic E-state index is 0.184. The van der Waals surface area contributed by atoms with Crippen LogP contribution in [0.4, 0.5) is 4.39 Å². The van der Waals surface area contributed by atoms with Crippen molar-refractivity contribution in [3.63, 3.8) is 0 Å². The Morgan fingerprint density at radius 1 is 1.11 bits per heavy atom. The van der Waals surface area contributed by atoms with E-state index in [9.17, 15) is 4.39 Å². The molecule has 5 rings (SSSR count). The number of hydrogen-bond donors (Lipinski definition) is 0. The van der Waals surface area contributed by atoms with Crippen LogP contribution in [0.25, 0.3) is 22.3 Å². The summed E-state index contributed by atoms with van der Waals surface area (Å²) in [7, 11) is 1.52. The Kier molecular flexibility index (Phi) is 3.63. The van der Waals surface area contributed by atoms with Crippen LogP contribution < -0.4 is 4.74 Å². The Morgan fingerprint density at radius 3 is 2.63 bits per heavy atom. The largest absolute Gasteiger partial charge is 0.497 e. The van der Waals surface area contributed by atoms with E-state index in [0.29, 0.717) is 17.0 Å². The molecule has 2 aromatic heterocycles. The van der Waals surface area contributed by atoms with Crippen LogP contribution in [0.5, 0.6) is 5.75 Å². The summed E-state index contributed by atoms with van der Waals surface area (Å²) in [6, 6.07) is 13.2. The lowest BCUT2D eigenvalue weighted by molar-refractivity contribution is 0.411. The van der Waals surface area contributed by atoms with E-state index < -0.39 is 0 Å². The fourth-order valence-corrected chi connectivity index (χ4v) is 3.88. The van der Waals surface area contributed by atoms with E-state index in [-0.39, 0.29) is 11.9 Å². The van der Waals surface area contributed by atoms with Gasteiger partial charge in [0.05, 0.1) is 18.5 Å². The zero-order valence-corrected chi connectivity index (χ0v) is 14.8. The van der Waals surface area contributed by atoms with Gasteiger partial charge in [0.1, 0.15) is 23.6 Å². The number of rotatable bonds is 3. The third kappa shape index (κ3) is 2.65. The van der Waals surface area contributed by atoms with Crippen LogP contribution in [0.3, 0.4) is 0 Å². The lowest BCUT2D eigenvalue weighted by Gasteiger charge is -2.10. The molecule has 0 saturated carbocycles. The molecule has 0 aliphatic heterocycles. The molecule has 4 aromatic rings. The first-order chi connectivity index (χ1) is 13.2. The van der Waals surface area contributed by atoms with E-state index in [2.05, 4.69) is 34.2 Å². The number of methoxy groups -OCH3 is 1. The van der Waals surface area contributed by atoms with Crippen molar-refractivity contribution in [3.05, 3.63) is 71.9 Å². The average molecular weight is 360 g/mol. The van der Waals surface area contributed by atoms with Gasteiger partial charge in [-0.3, -0.25) is 0 Å². The maximum Gasteiger partial charge on any atom is 0.162 e. The SMILES string of the molecule is COc1cc(F)cc(-c2nn(C3Cc4ccccc4C3)c3ncncc23)c1. The van der Waals surface area contributed by atoms with Crippen molar-refractivity contribution in [2.45, 2.75) is 18.9 Å². The highest BCUT2D eigenvalue weighted by molar-refractivity contribution is 5.90. The maximum absolute atomic E-state index is 14.0. The van der Waals surface area contributed by atoms with Crippen molar-refractivity contribution in [1.29, 1.82) is 0 Å². The van der Waals surface area contributed by atoms with Crippen molar-refractivity contribution in [2.24, 2.45) is 0 Å². The Labute approximate surface area is 155 Å². The number of fused-ring (bicyclic) bond motifs is 2. The fourth-order valence-electron chi connectivity index (χ4n) is 3.88. The zero-order chi connectivity index (χ0) is 18.4. The number of benzene rings is 2. The van der Waals surface area contributed by atoms with Crippen LogP contribution in [0.15, 0.2) is 55.0 Å². The predicted octanol–water partition coefficient (Wildman–Crippen LogP) is 3.98. The van der Waals surface area contributed by atoms with Crippen molar-refractivity contribution in [2.75, 3.05) is 7.11 Å². The molecule has 0 bridgehead atoms. The second-order valence-corrected chi connectivity index (χ2v) is 6.76. The van der Waals surface area contributed by atoms with E-state index in [1.165, 1.54) is 36.7 Å². The molecular weight excluding hydrogens is 343 g/mol. The third-order valence-corrected chi connectivity index (χ3v) is 5.13. The monoisotopic (exact) mass is 360 g/mol. The summed E-state index contributed by atoms with van der Waals surface area (Å²) in [6.07, 6.45) is 5.07. The van der Waals surface area contributed by atoms with Gasteiger partial charge in [-0.25, -0.2) is 19.0 Å². The number of halogens is 1. The van der Waals surface area contributed by atoms with Crippen LogP contribution in [-0.2, 0) is 12.8 Å². The summed E-state index contributed by atoms with van der Waals surface area (Å²) < 4.78 is 21.2. The van der Waals surface area contributed by atoms with Gasteiger partial charge in [0.15, 0.2) is 5.65 Å². The molecule has 1 aliphatic carbocycles. The molecule has 0 spiro atoms. The minimum atomic E-state index is -0.364. The van der Waals surface area contributed by atoms with Crippen LogP contribution in [0.2, 0.25) is 0 Å².